The summed E-state index contributed by atoms with van der Waals surface area (Å²) in [5.74, 6) is 0.767. The van der Waals surface area contributed by atoms with Crippen LogP contribution in [0, 0.1) is 10.1 Å². The summed E-state index contributed by atoms with van der Waals surface area (Å²) >= 11 is 0. The molecule has 0 spiro atoms. The van der Waals surface area contributed by atoms with Gasteiger partial charge in [0.05, 0.1) is 17.2 Å². The molecule has 0 saturated carbocycles. The number of hydrogen-bond donors (Lipinski definition) is 2. The molecule has 8 heteroatoms. The van der Waals surface area contributed by atoms with Gasteiger partial charge in [-0.2, -0.15) is 0 Å². The zero-order chi connectivity index (χ0) is 18.4. The molecule has 2 aromatic carbocycles. The molecule has 0 aliphatic rings. The standard InChI is InChI=1S/C18H17N5O3/c1-2-26-15-11-7-6-10-14(15)22-18-16(23(24)25)17(19-12-20-18)21-13-8-4-3-5-9-13/h3-12H,2H2,1H3,(H2,19,20,21,22). The molecule has 8 nitrogen and oxygen atoms in total. The Morgan fingerprint density at radius 1 is 1.00 bits per heavy atom. The van der Waals surface area contributed by atoms with Crippen LogP contribution in [0.25, 0.3) is 0 Å². The Kier molecular flexibility index (Phi) is 5.23. The van der Waals surface area contributed by atoms with Gasteiger partial charge in [0.1, 0.15) is 12.1 Å². The van der Waals surface area contributed by atoms with Gasteiger partial charge < -0.3 is 15.4 Å². The van der Waals surface area contributed by atoms with Gasteiger partial charge in [-0.05, 0) is 31.2 Å². The van der Waals surface area contributed by atoms with E-state index in [0.717, 1.165) is 0 Å². The van der Waals surface area contributed by atoms with E-state index in [0.29, 0.717) is 23.7 Å². The molecule has 0 aliphatic heterocycles. The first-order valence-electron chi connectivity index (χ1n) is 7.99. The zero-order valence-corrected chi connectivity index (χ0v) is 14.0. The highest BCUT2D eigenvalue weighted by Crippen LogP contribution is 2.35. The lowest BCUT2D eigenvalue weighted by atomic mass is 10.2. The van der Waals surface area contributed by atoms with E-state index >= 15 is 0 Å². The van der Waals surface area contributed by atoms with Crippen LogP contribution in [0.5, 0.6) is 5.75 Å². The van der Waals surface area contributed by atoms with E-state index in [1.54, 1.807) is 30.3 Å². The second-order valence-electron chi connectivity index (χ2n) is 5.22. The van der Waals surface area contributed by atoms with Gasteiger partial charge in [0.25, 0.3) is 0 Å². The van der Waals surface area contributed by atoms with Gasteiger partial charge >= 0.3 is 5.69 Å². The Hall–Kier alpha value is -3.68. The van der Waals surface area contributed by atoms with Crippen molar-refractivity contribution in [1.82, 2.24) is 9.97 Å². The maximum absolute atomic E-state index is 11.6. The number of para-hydroxylation sites is 3. The Morgan fingerprint density at radius 3 is 2.35 bits per heavy atom. The van der Waals surface area contributed by atoms with Crippen LogP contribution in [0.2, 0.25) is 0 Å². The monoisotopic (exact) mass is 351 g/mol. The summed E-state index contributed by atoms with van der Waals surface area (Å²) in [6.45, 7) is 2.34. The lowest BCUT2D eigenvalue weighted by Crippen LogP contribution is -2.06. The first kappa shape index (κ1) is 17.2. The number of nitro groups is 1. The van der Waals surface area contributed by atoms with Gasteiger partial charge in [-0.3, -0.25) is 10.1 Å². The van der Waals surface area contributed by atoms with Crippen molar-refractivity contribution < 1.29 is 9.66 Å². The summed E-state index contributed by atoms with van der Waals surface area (Å²) in [6.07, 6.45) is 1.27. The third-order valence-corrected chi connectivity index (χ3v) is 3.48. The first-order valence-corrected chi connectivity index (χ1v) is 7.99. The molecule has 26 heavy (non-hydrogen) atoms. The molecule has 3 rings (SSSR count). The van der Waals surface area contributed by atoms with Crippen LogP contribution < -0.4 is 15.4 Å². The molecule has 1 aromatic heterocycles. The number of anilines is 4. The summed E-state index contributed by atoms with van der Waals surface area (Å²) in [7, 11) is 0. The van der Waals surface area contributed by atoms with Gasteiger partial charge in [0.15, 0.2) is 0 Å². The van der Waals surface area contributed by atoms with Crippen LogP contribution >= 0.6 is 0 Å². The molecule has 0 aliphatic carbocycles. The van der Waals surface area contributed by atoms with Crippen molar-refractivity contribution >= 4 is 28.7 Å². The molecule has 3 aromatic rings. The van der Waals surface area contributed by atoms with Crippen molar-refractivity contribution in [3.8, 4) is 5.75 Å². The maximum Gasteiger partial charge on any atom is 0.353 e. The Balaban J connectivity index is 1.98. The predicted octanol–water partition coefficient (Wildman–Crippen LogP) is 4.27. The molecule has 1 heterocycles. The van der Waals surface area contributed by atoms with Gasteiger partial charge in [-0.1, -0.05) is 30.3 Å². The molecule has 0 radical (unpaired) electrons. The van der Waals surface area contributed by atoms with Crippen molar-refractivity contribution in [2.45, 2.75) is 6.92 Å². The number of aromatic nitrogens is 2. The van der Waals surface area contributed by atoms with E-state index in [1.807, 2.05) is 31.2 Å². The van der Waals surface area contributed by atoms with Gasteiger partial charge in [-0.15, -0.1) is 0 Å². The van der Waals surface area contributed by atoms with E-state index in [4.69, 9.17) is 4.74 Å². The second kappa shape index (κ2) is 7.93. The van der Waals surface area contributed by atoms with Crippen molar-refractivity contribution in [2.75, 3.05) is 17.2 Å². The van der Waals surface area contributed by atoms with Gasteiger partial charge in [0, 0.05) is 5.69 Å². The van der Waals surface area contributed by atoms with Crippen LogP contribution in [0.3, 0.4) is 0 Å². The Morgan fingerprint density at radius 2 is 1.65 bits per heavy atom. The molecular weight excluding hydrogens is 334 g/mol. The van der Waals surface area contributed by atoms with E-state index in [2.05, 4.69) is 20.6 Å². The van der Waals surface area contributed by atoms with Crippen LogP contribution in [0.4, 0.5) is 28.7 Å². The number of rotatable bonds is 7. The minimum Gasteiger partial charge on any atom is -0.492 e. The lowest BCUT2D eigenvalue weighted by Gasteiger charge is -2.13. The number of hydrogen-bond acceptors (Lipinski definition) is 7. The van der Waals surface area contributed by atoms with Crippen molar-refractivity contribution in [3.63, 3.8) is 0 Å². The fraction of sp³-hybridized carbons (Fsp3) is 0.111. The lowest BCUT2D eigenvalue weighted by molar-refractivity contribution is -0.383. The van der Waals surface area contributed by atoms with Crippen molar-refractivity contribution in [3.05, 3.63) is 71.0 Å². The van der Waals surface area contributed by atoms with Crippen LogP contribution in [0.15, 0.2) is 60.9 Å². The molecule has 132 valence electrons. The smallest absolute Gasteiger partial charge is 0.353 e. The van der Waals surface area contributed by atoms with E-state index in [-0.39, 0.29) is 17.3 Å². The highest BCUT2D eigenvalue weighted by atomic mass is 16.6. The average Bonchev–Trinajstić information content (AvgIpc) is 2.64. The highest BCUT2D eigenvalue weighted by Gasteiger charge is 2.24. The van der Waals surface area contributed by atoms with Crippen LogP contribution in [-0.4, -0.2) is 21.5 Å². The van der Waals surface area contributed by atoms with E-state index in [9.17, 15) is 10.1 Å². The number of nitrogens with one attached hydrogen (secondary N) is 2. The van der Waals surface area contributed by atoms with E-state index < -0.39 is 4.92 Å². The largest absolute Gasteiger partial charge is 0.492 e. The predicted molar refractivity (Wildman–Crippen MR) is 99.3 cm³/mol. The summed E-state index contributed by atoms with van der Waals surface area (Å²) in [5, 5.41) is 17.6. The summed E-state index contributed by atoms with van der Waals surface area (Å²) in [4.78, 5) is 19.2. The summed E-state index contributed by atoms with van der Waals surface area (Å²) in [5.41, 5.74) is 1.03. The quantitative estimate of drug-likeness (QED) is 0.484. The molecule has 0 bridgehead atoms. The average molecular weight is 351 g/mol. The van der Waals surface area contributed by atoms with Gasteiger partial charge in [-0.25, -0.2) is 9.97 Å². The van der Waals surface area contributed by atoms with Crippen LogP contribution in [-0.2, 0) is 0 Å². The zero-order valence-electron chi connectivity index (χ0n) is 14.0. The topological polar surface area (TPSA) is 102 Å². The Bertz CT molecular complexity index is 902. The third-order valence-electron chi connectivity index (χ3n) is 3.48. The third kappa shape index (κ3) is 3.86. The molecule has 2 N–H and O–H groups in total. The minimum atomic E-state index is -0.517. The van der Waals surface area contributed by atoms with Crippen LogP contribution in [0.1, 0.15) is 6.92 Å². The normalized spacial score (nSPS) is 10.2. The van der Waals surface area contributed by atoms with Crippen molar-refractivity contribution in [2.24, 2.45) is 0 Å². The fourth-order valence-corrected chi connectivity index (χ4v) is 2.37. The molecule has 0 atom stereocenters. The molecule has 0 saturated heterocycles. The molecule has 0 amide bonds. The minimum absolute atomic E-state index is 0.0792. The fourth-order valence-electron chi connectivity index (χ4n) is 2.37. The Labute approximate surface area is 150 Å². The van der Waals surface area contributed by atoms with Gasteiger partial charge in [0.2, 0.25) is 11.6 Å². The number of benzene rings is 2. The summed E-state index contributed by atoms with van der Waals surface area (Å²) < 4.78 is 5.54. The second-order valence-corrected chi connectivity index (χ2v) is 5.22. The highest BCUT2D eigenvalue weighted by molar-refractivity contribution is 5.78. The SMILES string of the molecule is CCOc1ccccc1Nc1ncnc(Nc2ccccc2)c1[N+](=O)[O-]. The number of nitrogens with zero attached hydrogens (tertiary/aromatic N) is 3. The van der Waals surface area contributed by atoms with E-state index in [1.165, 1.54) is 6.33 Å². The molecule has 0 fully saturated rings. The number of ether oxygens (including phenoxy) is 1. The molecular formula is C18H17N5O3. The van der Waals surface area contributed by atoms with Crippen molar-refractivity contribution in [1.29, 1.82) is 0 Å². The summed E-state index contributed by atoms with van der Waals surface area (Å²) in [6, 6.07) is 16.3. The maximum atomic E-state index is 11.6. The first-order chi connectivity index (χ1) is 12.7. The molecule has 0 unspecified atom stereocenters.